The second-order valence-electron chi connectivity index (χ2n) is 4.67. The molecule has 6 heteroatoms. The van der Waals surface area contributed by atoms with Gasteiger partial charge in [0.1, 0.15) is 0 Å². The highest BCUT2D eigenvalue weighted by Crippen LogP contribution is 2.26. The number of nitrogens with two attached hydrogens (primary N) is 1. The minimum absolute atomic E-state index is 0.657. The number of nitrogen functional groups attached to an aromatic ring is 1. The van der Waals surface area contributed by atoms with Crippen molar-refractivity contribution in [3.05, 3.63) is 34.9 Å². The predicted octanol–water partition coefficient (Wildman–Crippen LogP) is 2.73. The minimum Gasteiger partial charge on any atom is -0.396 e. The van der Waals surface area contributed by atoms with Crippen LogP contribution in [0, 0.1) is 0 Å². The van der Waals surface area contributed by atoms with Gasteiger partial charge in [0.15, 0.2) is 0 Å². The van der Waals surface area contributed by atoms with Gasteiger partial charge in [-0.25, -0.2) is 0 Å². The SMILES string of the molecule is CCc1nn(CC)c(CN(C)c2ccncc2N)c1Cl. The van der Waals surface area contributed by atoms with Crippen molar-refractivity contribution in [2.45, 2.75) is 33.4 Å². The Bertz CT molecular complexity index is 593. The quantitative estimate of drug-likeness (QED) is 0.921. The van der Waals surface area contributed by atoms with Crippen LogP contribution in [0.15, 0.2) is 18.5 Å². The van der Waals surface area contributed by atoms with Gasteiger partial charge < -0.3 is 10.6 Å². The smallest absolute Gasteiger partial charge is 0.0868 e. The van der Waals surface area contributed by atoms with Crippen LogP contribution in [0.2, 0.25) is 5.02 Å². The number of pyridine rings is 1. The number of anilines is 2. The van der Waals surface area contributed by atoms with Crippen LogP contribution in [0.25, 0.3) is 0 Å². The van der Waals surface area contributed by atoms with E-state index >= 15 is 0 Å². The summed E-state index contributed by atoms with van der Waals surface area (Å²) < 4.78 is 1.95. The third-order valence-corrected chi connectivity index (χ3v) is 3.76. The van der Waals surface area contributed by atoms with Crippen LogP contribution in [-0.2, 0) is 19.5 Å². The lowest BCUT2D eigenvalue weighted by molar-refractivity contribution is 0.610. The van der Waals surface area contributed by atoms with Crippen molar-refractivity contribution < 1.29 is 0 Å². The molecule has 20 heavy (non-hydrogen) atoms. The molecule has 0 saturated heterocycles. The van der Waals surface area contributed by atoms with Crippen LogP contribution in [-0.4, -0.2) is 21.8 Å². The summed E-state index contributed by atoms with van der Waals surface area (Å²) in [6.07, 6.45) is 4.22. The van der Waals surface area contributed by atoms with E-state index in [1.165, 1.54) is 0 Å². The molecule has 0 aliphatic rings. The Labute approximate surface area is 124 Å². The highest BCUT2D eigenvalue weighted by molar-refractivity contribution is 6.31. The van der Waals surface area contributed by atoms with Gasteiger partial charge in [-0.1, -0.05) is 18.5 Å². The zero-order valence-electron chi connectivity index (χ0n) is 12.1. The van der Waals surface area contributed by atoms with E-state index in [2.05, 4.69) is 28.8 Å². The molecule has 0 spiro atoms. The Morgan fingerprint density at radius 3 is 2.75 bits per heavy atom. The molecule has 0 aromatic carbocycles. The topological polar surface area (TPSA) is 60.0 Å². The molecular formula is C14H20ClN5. The second kappa shape index (κ2) is 6.13. The third kappa shape index (κ3) is 2.72. The summed E-state index contributed by atoms with van der Waals surface area (Å²) in [7, 11) is 1.99. The van der Waals surface area contributed by atoms with Gasteiger partial charge in [-0.2, -0.15) is 5.10 Å². The minimum atomic E-state index is 0.657. The summed E-state index contributed by atoms with van der Waals surface area (Å²) in [4.78, 5) is 6.07. The molecule has 0 amide bonds. The molecule has 0 aliphatic carbocycles. The fraction of sp³-hybridized carbons (Fsp3) is 0.429. The van der Waals surface area contributed by atoms with E-state index in [4.69, 9.17) is 17.3 Å². The lowest BCUT2D eigenvalue weighted by atomic mass is 10.2. The van der Waals surface area contributed by atoms with Gasteiger partial charge in [-0.05, 0) is 19.4 Å². The van der Waals surface area contributed by atoms with Crippen molar-refractivity contribution >= 4 is 23.0 Å². The number of hydrogen-bond donors (Lipinski definition) is 1. The Morgan fingerprint density at radius 1 is 1.40 bits per heavy atom. The number of hydrogen-bond acceptors (Lipinski definition) is 4. The summed E-state index contributed by atoms with van der Waals surface area (Å²) in [6.45, 7) is 5.58. The molecule has 2 rings (SSSR count). The van der Waals surface area contributed by atoms with Gasteiger partial charge in [0.2, 0.25) is 0 Å². The van der Waals surface area contributed by atoms with E-state index in [9.17, 15) is 0 Å². The van der Waals surface area contributed by atoms with Crippen LogP contribution in [0.5, 0.6) is 0 Å². The van der Waals surface area contributed by atoms with Crippen molar-refractivity contribution in [3.8, 4) is 0 Å². The van der Waals surface area contributed by atoms with E-state index in [0.717, 1.165) is 35.1 Å². The van der Waals surface area contributed by atoms with Crippen molar-refractivity contribution in [3.63, 3.8) is 0 Å². The van der Waals surface area contributed by atoms with E-state index < -0.39 is 0 Å². The van der Waals surface area contributed by atoms with Crippen LogP contribution < -0.4 is 10.6 Å². The highest BCUT2D eigenvalue weighted by Gasteiger charge is 2.16. The summed E-state index contributed by atoms with van der Waals surface area (Å²) in [5.41, 5.74) is 9.52. The van der Waals surface area contributed by atoms with Crippen molar-refractivity contribution in [1.29, 1.82) is 0 Å². The number of halogens is 1. The lowest BCUT2D eigenvalue weighted by Gasteiger charge is -2.21. The molecule has 108 valence electrons. The molecule has 0 aliphatic heterocycles. The largest absolute Gasteiger partial charge is 0.396 e. The molecule has 0 radical (unpaired) electrons. The van der Waals surface area contributed by atoms with Crippen molar-refractivity contribution in [2.24, 2.45) is 0 Å². The summed E-state index contributed by atoms with van der Waals surface area (Å²) in [5.74, 6) is 0. The molecule has 0 unspecified atom stereocenters. The zero-order valence-corrected chi connectivity index (χ0v) is 12.9. The van der Waals surface area contributed by atoms with Crippen LogP contribution in [0.1, 0.15) is 25.2 Å². The van der Waals surface area contributed by atoms with Gasteiger partial charge in [0.05, 0.1) is 40.5 Å². The molecule has 0 bridgehead atoms. The normalized spacial score (nSPS) is 10.8. The molecule has 5 nitrogen and oxygen atoms in total. The standard InChI is InChI=1S/C14H20ClN5/c1-4-11-14(15)13(20(5-2)18-11)9-19(3)12-6-7-17-8-10(12)16/h6-8H,4-5,9,16H2,1-3H3. The Hall–Kier alpha value is -1.75. The van der Waals surface area contributed by atoms with Gasteiger partial charge >= 0.3 is 0 Å². The van der Waals surface area contributed by atoms with E-state index in [1.807, 2.05) is 17.8 Å². The van der Waals surface area contributed by atoms with E-state index in [-0.39, 0.29) is 0 Å². The van der Waals surface area contributed by atoms with Gasteiger partial charge in [-0.15, -0.1) is 0 Å². The van der Waals surface area contributed by atoms with Gasteiger partial charge in [0.25, 0.3) is 0 Å². The lowest BCUT2D eigenvalue weighted by Crippen LogP contribution is -2.20. The monoisotopic (exact) mass is 293 g/mol. The van der Waals surface area contributed by atoms with Crippen LogP contribution >= 0.6 is 11.6 Å². The van der Waals surface area contributed by atoms with E-state index in [1.54, 1.807) is 12.4 Å². The molecule has 0 fully saturated rings. The maximum atomic E-state index is 6.43. The zero-order chi connectivity index (χ0) is 14.7. The summed E-state index contributed by atoms with van der Waals surface area (Å²) in [6, 6.07) is 1.90. The van der Waals surface area contributed by atoms with Gasteiger partial charge in [-0.3, -0.25) is 9.67 Å². The number of aromatic nitrogens is 3. The first kappa shape index (κ1) is 14.7. The third-order valence-electron chi connectivity index (χ3n) is 3.32. The van der Waals surface area contributed by atoms with Crippen LogP contribution in [0.3, 0.4) is 0 Å². The first-order valence-electron chi connectivity index (χ1n) is 6.73. The average molecular weight is 294 g/mol. The molecule has 2 aromatic heterocycles. The molecule has 0 saturated carbocycles. The van der Waals surface area contributed by atoms with Crippen molar-refractivity contribution in [1.82, 2.24) is 14.8 Å². The molecule has 0 atom stereocenters. The Kier molecular flexibility index (Phi) is 4.49. The first-order chi connectivity index (χ1) is 9.58. The fourth-order valence-corrected chi connectivity index (χ4v) is 2.55. The van der Waals surface area contributed by atoms with E-state index in [0.29, 0.717) is 12.2 Å². The molecule has 2 heterocycles. The first-order valence-corrected chi connectivity index (χ1v) is 7.10. The molecule has 2 aromatic rings. The van der Waals surface area contributed by atoms with Crippen molar-refractivity contribution in [2.75, 3.05) is 17.7 Å². The Morgan fingerprint density at radius 2 is 2.15 bits per heavy atom. The summed E-state index contributed by atoms with van der Waals surface area (Å²) >= 11 is 6.43. The molecule has 2 N–H and O–H groups in total. The fourth-order valence-electron chi connectivity index (χ4n) is 2.23. The maximum absolute atomic E-state index is 6.43. The predicted molar refractivity (Wildman–Crippen MR) is 83.0 cm³/mol. The van der Waals surface area contributed by atoms with Gasteiger partial charge in [0, 0.05) is 19.8 Å². The summed E-state index contributed by atoms with van der Waals surface area (Å²) in [5, 5.41) is 5.29. The number of nitrogens with zero attached hydrogens (tertiary/aromatic N) is 4. The second-order valence-corrected chi connectivity index (χ2v) is 5.05. The number of aryl methyl sites for hydroxylation is 2. The number of rotatable bonds is 5. The van der Waals surface area contributed by atoms with Crippen LogP contribution in [0.4, 0.5) is 11.4 Å². The Balaban J connectivity index is 2.30. The molecular weight excluding hydrogens is 274 g/mol. The average Bonchev–Trinajstić information content (AvgIpc) is 2.75. The maximum Gasteiger partial charge on any atom is 0.0868 e. The highest BCUT2D eigenvalue weighted by atomic mass is 35.5.